The molecule has 3 N–H and O–H groups in total. The lowest BCUT2D eigenvalue weighted by Gasteiger charge is -2.21. The van der Waals surface area contributed by atoms with Crippen LogP contribution in [0.1, 0.15) is 10.4 Å². The highest BCUT2D eigenvalue weighted by atomic mass is 32.1. The van der Waals surface area contributed by atoms with E-state index in [0.717, 1.165) is 0 Å². The molecule has 0 bridgehead atoms. The molecular formula is C13H12N2O3S. The second kappa shape index (κ2) is 5.53. The number of rotatable bonds is 4. The average molecular weight is 276 g/mol. The summed E-state index contributed by atoms with van der Waals surface area (Å²) < 4.78 is 0. The molecule has 6 heteroatoms. The van der Waals surface area contributed by atoms with Crippen molar-refractivity contribution in [2.75, 3.05) is 17.2 Å². The summed E-state index contributed by atoms with van der Waals surface area (Å²) in [5, 5.41) is 12.4. The predicted octanol–water partition coefficient (Wildman–Crippen LogP) is 2.06. The van der Waals surface area contributed by atoms with Crippen LogP contribution in [-0.4, -0.2) is 23.5 Å². The van der Waals surface area contributed by atoms with Gasteiger partial charge in [-0.2, -0.15) is 11.3 Å². The Labute approximate surface area is 113 Å². The van der Waals surface area contributed by atoms with Crippen molar-refractivity contribution >= 4 is 34.6 Å². The monoisotopic (exact) mass is 276 g/mol. The first kappa shape index (κ1) is 13.1. The minimum Gasteiger partial charge on any atom is -0.480 e. The second-order valence-corrected chi connectivity index (χ2v) is 4.64. The number of benzene rings is 1. The maximum Gasteiger partial charge on any atom is 0.323 e. The predicted molar refractivity (Wildman–Crippen MR) is 74.5 cm³/mol. The molecule has 1 heterocycles. The van der Waals surface area contributed by atoms with Crippen molar-refractivity contribution in [3.63, 3.8) is 0 Å². The lowest BCUT2D eigenvalue weighted by Crippen LogP contribution is -2.36. The molecule has 0 aliphatic rings. The van der Waals surface area contributed by atoms with Crippen molar-refractivity contribution in [1.82, 2.24) is 0 Å². The van der Waals surface area contributed by atoms with E-state index in [2.05, 4.69) is 0 Å². The number of amides is 1. The number of nitrogens with two attached hydrogens (primary N) is 1. The molecule has 19 heavy (non-hydrogen) atoms. The van der Waals surface area contributed by atoms with Gasteiger partial charge in [-0.15, -0.1) is 0 Å². The molecule has 0 aliphatic heterocycles. The zero-order valence-corrected chi connectivity index (χ0v) is 10.8. The molecule has 0 aliphatic carbocycles. The van der Waals surface area contributed by atoms with E-state index in [1.807, 2.05) is 0 Å². The van der Waals surface area contributed by atoms with Gasteiger partial charge in [-0.3, -0.25) is 14.5 Å². The molecule has 2 aromatic rings. The molecule has 0 atom stereocenters. The number of thiophene rings is 1. The summed E-state index contributed by atoms with van der Waals surface area (Å²) in [7, 11) is 0. The van der Waals surface area contributed by atoms with Crippen LogP contribution in [0.4, 0.5) is 11.4 Å². The number of para-hydroxylation sites is 2. The van der Waals surface area contributed by atoms with Crippen molar-refractivity contribution in [1.29, 1.82) is 0 Å². The van der Waals surface area contributed by atoms with E-state index in [1.165, 1.54) is 16.2 Å². The first-order valence-corrected chi connectivity index (χ1v) is 6.44. The van der Waals surface area contributed by atoms with Crippen molar-refractivity contribution in [3.05, 3.63) is 46.7 Å². The molecule has 0 radical (unpaired) electrons. The maximum atomic E-state index is 12.3. The summed E-state index contributed by atoms with van der Waals surface area (Å²) in [6, 6.07) is 8.35. The molecule has 0 saturated carbocycles. The number of anilines is 2. The van der Waals surface area contributed by atoms with E-state index < -0.39 is 12.5 Å². The molecule has 5 nitrogen and oxygen atoms in total. The normalized spacial score (nSPS) is 10.1. The number of hydrogen-bond acceptors (Lipinski definition) is 4. The van der Waals surface area contributed by atoms with Crippen molar-refractivity contribution in [2.24, 2.45) is 0 Å². The minimum absolute atomic E-state index is 0.368. The molecule has 1 amide bonds. The van der Waals surface area contributed by atoms with Gasteiger partial charge in [-0.25, -0.2) is 0 Å². The Balaban J connectivity index is 2.39. The molecule has 0 fully saturated rings. The fourth-order valence-corrected chi connectivity index (χ4v) is 2.31. The Morgan fingerprint density at radius 1 is 1.26 bits per heavy atom. The molecule has 1 aromatic carbocycles. The number of nitrogen functional groups attached to an aromatic ring is 1. The van der Waals surface area contributed by atoms with E-state index in [4.69, 9.17) is 10.8 Å². The molecule has 0 spiro atoms. The van der Waals surface area contributed by atoms with Gasteiger partial charge in [0, 0.05) is 5.38 Å². The third-order valence-corrected chi connectivity index (χ3v) is 3.22. The van der Waals surface area contributed by atoms with E-state index in [0.29, 0.717) is 16.9 Å². The van der Waals surface area contributed by atoms with Gasteiger partial charge >= 0.3 is 5.97 Å². The van der Waals surface area contributed by atoms with Crippen molar-refractivity contribution in [2.45, 2.75) is 0 Å². The van der Waals surface area contributed by atoms with E-state index in [1.54, 1.807) is 41.1 Å². The van der Waals surface area contributed by atoms with Gasteiger partial charge in [0.1, 0.15) is 6.54 Å². The second-order valence-electron chi connectivity index (χ2n) is 3.86. The third kappa shape index (κ3) is 2.92. The molecule has 0 unspecified atom stereocenters. The van der Waals surface area contributed by atoms with Crippen LogP contribution in [0.5, 0.6) is 0 Å². The van der Waals surface area contributed by atoms with Crippen LogP contribution < -0.4 is 10.6 Å². The minimum atomic E-state index is -1.09. The van der Waals surface area contributed by atoms with Gasteiger partial charge in [0.25, 0.3) is 5.91 Å². The SMILES string of the molecule is Nc1ccccc1N(CC(=O)O)C(=O)c1ccsc1. The first-order valence-electron chi connectivity index (χ1n) is 5.50. The Bertz CT molecular complexity index is 596. The number of carbonyl (C=O) groups excluding carboxylic acids is 1. The summed E-state index contributed by atoms with van der Waals surface area (Å²) in [5.74, 6) is -1.46. The third-order valence-electron chi connectivity index (χ3n) is 2.53. The maximum absolute atomic E-state index is 12.3. The quantitative estimate of drug-likeness (QED) is 0.837. The van der Waals surface area contributed by atoms with Gasteiger partial charge in [0.15, 0.2) is 0 Å². The Hall–Kier alpha value is -2.34. The number of carbonyl (C=O) groups is 2. The highest BCUT2D eigenvalue weighted by Gasteiger charge is 2.22. The van der Waals surface area contributed by atoms with Gasteiger partial charge in [0.2, 0.25) is 0 Å². The van der Waals surface area contributed by atoms with E-state index in [9.17, 15) is 9.59 Å². The van der Waals surface area contributed by atoms with Crippen molar-refractivity contribution in [3.8, 4) is 0 Å². The number of carboxylic acids is 1. The van der Waals surface area contributed by atoms with Crippen LogP contribution in [0.2, 0.25) is 0 Å². The number of carboxylic acid groups (broad SMARTS) is 1. The first-order chi connectivity index (χ1) is 9.09. The van der Waals surface area contributed by atoms with Crippen LogP contribution in [0.25, 0.3) is 0 Å². The summed E-state index contributed by atoms with van der Waals surface area (Å²) in [4.78, 5) is 24.4. The molecule has 98 valence electrons. The Morgan fingerprint density at radius 3 is 2.58 bits per heavy atom. The van der Waals surface area contributed by atoms with Crippen molar-refractivity contribution < 1.29 is 14.7 Å². The lowest BCUT2D eigenvalue weighted by molar-refractivity contribution is -0.135. The van der Waals surface area contributed by atoms with Gasteiger partial charge < -0.3 is 10.8 Å². The Morgan fingerprint density at radius 2 is 2.00 bits per heavy atom. The highest BCUT2D eigenvalue weighted by molar-refractivity contribution is 7.08. The van der Waals surface area contributed by atoms with Gasteiger partial charge in [-0.05, 0) is 23.6 Å². The molecule has 1 aromatic heterocycles. The summed E-state index contributed by atoms with van der Waals surface area (Å²) in [5.41, 5.74) is 7.03. The highest BCUT2D eigenvalue weighted by Crippen LogP contribution is 2.24. The van der Waals surface area contributed by atoms with Gasteiger partial charge in [0.05, 0.1) is 16.9 Å². The molecular weight excluding hydrogens is 264 g/mol. The van der Waals surface area contributed by atoms with Crippen LogP contribution in [-0.2, 0) is 4.79 Å². The topological polar surface area (TPSA) is 83.6 Å². The van der Waals surface area contributed by atoms with E-state index >= 15 is 0 Å². The number of hydrogen-bond donors (Lipinski definition) is 2. The largest absolute Gasteiger partial charge is 0.480 e. The van der Waals surface area contributed by atoms with Crippen LogP contribution in [0.15, 0.2) is 41.1 Å². The average Bonchev–Trinajstić information content (AvgIpc) is 2.90. The van der Waals surface area contributed by atoms with Gasteiger partial charge in [-0.1, -0.05) is 12.1 Å². The van der Waals surface area contributed by atoms with Crippen LogP contribution >= 0.6 is 11.3 Å². The summed E-state index contributed by atoms with van der Waals surface area (Å²) in [6.07, 6.45) is 0. The number of nitrogens with zero attached hydrogens (tertiary/aromatic N) is 1. The fourth-order valence-electron chi connectivity index (χ4n) is 1.68. The summed E-state index contributed by atoms with van der Waals surface area (Å²) >= 11 is 1.38. The Kier molecular flexibility index (Phi) is 3.82. The smallest absolute Gasteiger partial charge is 0.323 e. The van der Waals surface area contributed by atoms with Crippen LogP contribution in [0, 0.1) is 0 Å². The number of aliphatic carboxylic acids is 1. The van der Waals surface area contributed by atoms with Crippen LogP contribution in [0.3, 0.4) is 0 Å². The molecule has 0 saturated heterocycles. The zero-order valence-electron chi connectivity index (χ0n) is 9.95. The molecule has 2 rings (SSSR count). The standard InChI is InChI=1S/C13H12N2O3S/c14-10-3-1-2-4-11(10)15(7-12(16)17)13(18)9-5-6-19-8-9/h1-6,8H,7,14H2,(H,16,17). The summed E-state index contributed by atoms with van der Waals surface area (Å²) in [6.45, 7) is -0.428. The zero-order chi connectivity index (χ0) is 13.8. The fraction of sp³-hybridized carbons (Fsp3) is 0.0769. The lowest BCUT2D eigenvalue weighted by atomic mass is 10.2. The van der Waals surface area contributed by atoms with E-state index in [-0.39, 0.29) is 5.91 Å².